The van der Waals surface area contributed by atoms with Gasteiger partial charge in [0.05, 0.1) is 30.9 Å². The molecule has 0 saturated carbocycles. The second kappa shape index (κ2) is 10.5. The number of esters is 1. The minimum Gasteiger partial charge on any atom is -0.496 e. The predicted molar refractivity (Wildman–Crippen MR) is 123 cm³/mol. The molecule has 0 bridgehead atoms. The van der Waals surface area contributed by atoms with Gasteiger partial charge in [-0.1, -0.05) is 12.1 Å². The molecule has 8 nitrogen and oxygen atoms in total. The van der Waals surface area contributed by atoms with Crippen molar-refractivity contribution in [1.82, 2.24) is 5.32 Å². The van der Waals surface area contributed by atoms with E-state index in [2.05, 4.69) is 10.6 Å². The first kappa shape index (κ1) is 24.3. The van der Waals surface area contributed by atoms with Crippen molar-refractivity contribution < 1.29 is 28.6 Å². The lowest BCUT2D eigenvalue weighted by molar-refractivity contribution is -0.135. The monoisotopic (exact) mass is 454 g/mol. The fourth-order valence-electron chi connectivity index (χ4n) is 3.92. The number of ether oxygens (including phenoxy) is 3. The summed E-state index contributed by atoms with van der Waals surface area (Å²) in [5.41, 5.74) is 1.37. The van der Waals surface area contributed by atoms with E-state index in [9.17, 15) is 14.4 Å². The average Bonchev–Trinajstić information content (AvgIpc) is 2.81. The number of rotatable bonds is 7. The van der Waals surface area contributed by atoms with Gasteiger partial charge in [0.15, 0.2) is 0 Å². The van der Waals surface area contributed by atoms with Gasteiger partial charge in [0.1, 0.15) is 5.75 Å². The number of nitrogens with one attached hydrogen (secondary N) is 2. The smallest absolute Gasteiger partial charge is 0.337 e. The Hall–Kier alpha value is -3.39. The van der Waals surface area contributed by atoms with Crippen LogP contribution in [0, 0.1) is 5.92 Å². The Morgan fingerprint density at radius 3 is 2.58 bits per heavy atom. The largest absolute Gasteiger partial charge is 0.496 e. The maximum absolute atomic E-state index is 12.8. The highest BCUT2D eigenvalue weighted by atomic mass is 16.5. The van der Waals surface area contributed by atoms with Crippen molar-refractivity contribution in [2.45, 2.75) is 38.8 Å². The molecule has 176 valence electrons. The Balaban J connectivity index is 1.76. The molecule has 0 spiro atoms. The number of hydrogen-bond donors (Lipinski definition) is 2. The minimum absolute atomic E-state index is 0.0607. The Kier molecular flexibility index (Phi) is 7.71. The normalized spacial score (nSPS) is 17.0. The fourth-order valence-corrected chi connectivity index (χ4v) is 3.92. The van der Waals surface area contributed by atoms with Gasteiger partial charge in [0.25, 0.3) is 5.91 Å². The molecular weight excluding hydrogens is 424 g/mol. The number of methoxy groups -OCH3 is 2. The quantitative estimate of drug-likeness (QED) is 0.620. The van der Waals surface area contributed by atoms with E-state index in [1.165, 1.54) is 20.3 Å². The molecular formula is C25H30N2O6. The molecule has 1 atom stereocenters. The molecule has 2 N–H and O–H groups in total. The number of amides is 2. The number of anilines is 1. The van der Waals surface area contributed by atoms with E-state index >= 15 is 0 Å². The molecule has 33 heavy (non-hydrogen) atoms. The van der Waals surface area contributed by atoms with Crippen LogP contribution in [0.3, 0.4) is 0 Å². The number of hydrogen-bond acceptors (Lipinski definition) is 6. The van der Waals surface area contributed by atoms with E-state index in [0.717, 1.165) is 0 Å². The molecule has 2 aromatic carbocycles. The van der Waals surface area contributed by atoms with Gasteiger partial charge in [-0.3, -0.25) is 9.59 Å². The zero-order valence-electron chi connectivity index (χ0n) is 19.4. The summed E-state index contributed by atoms with van der Waals surface area (Å²) in [6.07, 6.45) is 1.30. The van der Waals surface area contributed by atoms with Gasteiger partial charge in [-0.25, -0.2) is 4.79 Å². The SMILES string of the molecule is COC(=O)c1cc(CNC(=O)C2CCOC(C)(C)C2)cc(NC(=O)c2ccccc2OC)c1. The second-order valence-corrected chi connectivity index (χ2v) is 8.58. The third-order valence-electron chi connectivity index (χ3n) is 5.56. The molecule has 0 aromatic heterocycles. The highest BCUT2D eigenvalue weighted by Gasteiger charge is 2.32. The summed E-state index contributed by atoms with van der Waals surface area (Å²) in [5, 5.41) is 5.74. The maximum Gasteiger partial charge on any atom is 0.337 e. The van der Waals surface area contributed by atoms with Gasteiger partial charge in [0, 0.05) is 24.8 Å². The zero-order chi connectivity index (χ0) is 24.0. The van der Waals surface area contributed by atoms with Crippen LogP contribution < -0.4 is 15.4 Å². The second-order valence-electron chi connectivity index (χ2n) is 8.58. The van der Waals surface area contributed by atoms with Crippen molar-refractivity contribution in [3.05, 3.63) is 59.2 Å². The van der Waals surface area contributed by atoms with Crippen LogP contribution >= 0.6 is 0 Å². The van der Waals surface area contributed by atoms with Crippen LogP contribution in [-0.4, -0.2) is 44.2 Å². The van der Waals surface area contributed by atoms with Crippen molar-refractivity contribution in [3.63, 3.8) is 0 Å². The summed E-state index contributed by atoms with van der Waals surface area (Å²) in [4.78, 5) is 37.7. The predicted octanol–water partition coefficient (Wildman–Crippen LogP) is 3.56. The molecule has 8 heteroatoms. The number of carbonyl (C=O) groups excluding carboxylic acids is 3. The van der Waals surface area contributed by atoms with Crippen LogP contribution in [0.2, 0.25) is 0 Å². The van der Waals surface area contributed by atoms with Gasteiger partial charge in [-0.05, 0) is 62.6 Å². The standard InChI is InChI=1S/C25H30N2O6/c1-25(2)14-17(9-10-33-25)22(28)26-15-16-11-18(24(30)32-4)13-19(12-16)27-23(29)20-7-5-6-8-21(20)31-3/h5-8,11-13,17H,9-10,14-15H2,1-4H3,(H,26,28)(H,27,29). The topological polar surface area (TPSA) is 103 Å². The number of benzene rings is 2. The number of para-hydroxylation sites is 1. The first-order chi connectivity index (χ1) is 15.7. The van der Waals surface area contributed by atoms with Crippen molar-refractivity contribution >= 4 is 23.5 Å². The molecule has 1 aliphatic heterocycles. The van der Waals surface area contributed by atoms with Crippen LogP contribution in [0.4, 0.5) is 5.69 Å². The Morgan fingerprint density at radius 1 is 1.12 bits per heavy atom. The molecule has 2 amide bonds. The lowest BCUT2D eigenvalue weighted by atomic mass is 9.88. The average molecular weight is 455 g/mol. The van der Waals surface area contributed by atoms with E-state index in [1.807, 2.05) is 13.8 Å². The molecule has 0 aliphatic carbocycles. The Bertz CT molecular complexity index is 1030. The lowest BCUT2D eigenvalue weighted by Gasteiger charge is -2.34. The molecule has 1 unspecified atom stereocenters. The van der Waals surface area contributed by atoms with Crippen LogP contribution in [0.15, 0.2) is 42.5 Å². The van der Waals surface area contributed by atoms with Gasteiger partial charge in [-0.15, -0.1) is 0 Å². The molecule has 1 saturated heterocycles. The third-order valence-corrected chi connectivity index (χ3v) is 5.56. The summed E-state index contributed by atoms with van der Waals surface area (Å²) in [5.74, 6) is -0.682. The minimum atomic E-state index is -0.540. The molecule has 0 radical (unpaired) electrons. The Labute approximate surface area is 193 Å². The first-order valence-electron chi connectivity index (χ1n) is 10.8. The lowest BCUT2D eigenvalue weighted by Crippen LogP contribution is -2.41. The zero-order valence-corrected chi connectivity index (χ0v) is 19.4. The van der Waals surface area contributed by atoms with Crippen molar-refractivity contribution in [3.8, 4) is 5.75 Å². The fraction of sp³-hybridized carbons (Fsp3) is 0.400. The molecule has 2 aromatic rings. The van der Waals surface area contributed by atoms with Crippen molar-refractivity contribution in [2.75, 3.05) is 26.1 Å². The van der Waals surface area contributed by atoms with Gasteiger partial charge >= 0.3 is 5.97 Å². The Morgan fingerprint density at radius 2 is 1.88 bits per heavy atom. The summed E-state index contributed by atoms with van der Waals surface area (Å²) < 4.78 is 15.8. The molecule has 3 rings (SSSR count). The van der Waals surface area contributed by atoms with E-state index < -0.39 is 5.97 Å². The first-order valence-corrected chi connectivity index (χ1v) is 10.8. The molecule has 1 fully saturated rings. The third kappa shape index (κ3) is 6.32. The van der Waals surface area contributed by atoms with E-state index in [0.29, 0.717) is 42.0 Å². The maximum atomic E-state index is 12.8. The highest BCUT2D eigenvalue weighted by molar-refractivity contribution is 6.06. The highest BCUT2D eigenvalue weighted by Crippen LogP contribution is 2.29. The summed E-state index contributed by atoms with van der Waals surface area (Å²) >= 11 is 0. The number of carbonyl (C=O) groups is 3. The molecule has 1 heterocycles. The van der Waals surface area contributed by atoms with Gasteiger partial charge in [0.2, 0.25) is 5.91 Å². The van der Waals surface area contributed by atoms with Crippen molar-refractivity contribution in [1.29, 1.82) is 0 Å². The van der Waals surface area contributed by atoms with E-state index in [-0.39, 0.29) is 35.4 Å². The van der Waals surface area contributed by atoms with E-state index in [1.54, 1.807) is 36.4 Å². The van der Waals surface area contributed by atoms with Gasteiger partial charge < -0.3 is 24.8 Å². The van der Waals surface area contributed by atoms with Crippen molar-refractivity contribution in [2.24, 2.45) is 5.92 Å². The van der Waals surface area contributed by atoms with Crippen LogP contribution in [0.1, 0.15) is 53.0 Å². The summed E-state index contributed by atoms with van der Waals surface area (Å²) in [7, 11) is 2.78. The van der Waals surface area contributed by atoms with Crippen LogP contribution in [-0.2, 0) is 20.8 Å². The van der Waals surface area contributed by atoms with Crippen LogP contribution in [0.25, 0.3) is 0 Å². The van der Waals surface area contributed by atoms with Gasteiger partial charge in [-0.2, -0.15) is 0 Å². The van der Waals surface area contributed by atoms with E-state index in [4.69, 9.17) is 14.2 Å². The van der Waals surface area contributed by atoms with Crippen LogP contribution in [0.5, 0.6) is 5.75 Å². The summed E-state index contributed by atoms with van der Waals surface area (Å²) in [6, 6.07) is 11.7. The summed E-state index contributed by atoms with van der Waals surface area (Å²) in [6.45, 7) is 4.70. The molecule has 1 aliphatic rings.